The van der Waals surface area contributed by atoms with Gasteiger partial charge in [0.05, 0.1) is 0 Å². The number of piperidine rings is 1. The van der Waals surface area contributed by atoms with Gasteiger partial charge in [-0.1, -0.05) is 18.7 Å². The third-order valence-electron chi connectivity index (χ3n) is 2.64. The van der Waals surface area contributed by atoms with Crippen molar-refractivity contribution in [2.75, 3.05) is 26.7 Å². The van der Waals surface area contributed by atoms with E-state index < -0.39 is 0 Å². The van der Waals surface area contributed by atoms with Crippen LogP contribution in [0.3, 0.4) is 0 Å². The lowest BCUT2D eigenvalue weighted by atomic mass is 10.1. The van der Waals surface area contributed by atoms with Gasteiger partial charge in [0.25, 0.3) is 0 Å². The number of allylic oxidation sites excluding steroid dienone is 2. The van der Waals surface area contributed by atoms with Gasteiger partial charge >= 0.3 is 0 Å². The third-order valence-corrected chi connectivity index (χ3v) is 2.64. The van der Waals surface area contributed by atoms with E-state index >= 15 is 0 Å². The van der Waals surface area contributed by atoms with Gasteiger partial charge in [-0.05, 0) is 32.9 Å². The molecule has 1 rings (SSSR count). The number of ether oxygens (including phenoxy) is 1. The first-order chi connectivity index (χ1) is 7.76. The first-order valence-corrected chi connectivity index (χ1v) is 5.95. The SMILES string of the molecule is C=CC=CC(=NCC)OC1CCN(C)CC1. The molecule has 0 aromatic heterocycles. The minimum absolute atomic E-state index is 0.316. The summed E-state index contributed by atoms with van der Waals surface area (Å²) in [5, 5.41) is 0. The van der Waals surface area contributed by atoms with E-state index in [2.05, 4.69) is 23.5 Å². The van der Waals surface area contributed by atoms with E-state index in [9.17, 15) is 0 Å². The minimum atomic E-state index is 0.316. The zero-order valence-electron chi connectivity index (χ0n) is 10.4. The van der Waals surface area contributed by atoms with Crippen LogP contribution in [0.2, 0.25) is 0 Å². The first-order valence-electron chi connectivity index (χ1n) is 5.95. The van der Waals surface area contributed by atoms with Crippen molar-refractivity contribution >= 4 is 5.90 Å². The normalized spacial score (nSPS) is 20.2. The summed E-state index contributed by atoms with van der Waals surface area (Å²) in [4.78, 5) is 6.65. The lowest BCUT2D eigenvalue weighted by Crippen LogP contribution is -2.35. The highest BCUT2D eigenvalue weighted by atomic mass is 16.5. The van der Waals surface area contributed by atoms with E-state index in [0.29, 0.717) is 6.10 Å². The monoisotopic (exact) mass is 222 g/mol. The highest BCUT2D eigenvalue weighted by molar-refractivity contribution is 5.88. The Kier molecular flexibility index (Phi) is 5.86. The molecule has 0 atom stereocenters. The maximum Gasteiger partial charge on any atom is 0.208 e. The van der Waals surface area contributed by atoms with Crippen LogP contribution in [0.15, 0.2) is 29.8 Å². The molecule has 0 aliphatic carbocycles. The van der Waals surface area contributed by atoms with Crippen molar-refractivity contribution in [3.63, 3.8) is 0 Å². The molecule has 0 N–H and O–H groups in total. The second-order valence-corrected chi connectivity index (χ2v) is 4.03. The van der Waals surface area contributed by atoms with Crippen LogP contribution in [0.25, 0.3) is 0 Å². The van der Waals surface area contributed by atoms with Crippen LogP contribution >= 0.6 is 0 Å². The first kappa shape index (κ1) is 13.0. The fourth-order valence-corrected chi connectivity index (χ4v) is 1.71. The average molecular weight is 222 g/mol. The molecule has 1 aliphatic heterocycles. The van der Waals surface area contributed by atoms with Crippen LogP contribution in [-0.4, -0.2) is 43.6 Å². The van der Waals surface area contributed by atoms with E-state index in [0.717, 1.165) is 38.4 Å². The predicted molar refractivity (Wildman–Crippen MR) is 68.9 cm³/mol. The summed E-state index contributed by atoms with van der Waals surface area (Å²) in [5.74, 6) is 0.733. The Labute approximate surface area is 98.5 Å². The number of hydrogen-bond donors (Lipinski definition) is 0. The molecule has 3 heteroatoms. The van der Waals surface area contributed by atoms with Gasteiger partial charge in [-0.25, -0.2) is 0 Å². The molecular formula is C13H22N2O. The summed E-state index contributed by atoms with van der Waals surface area (Å²) in [6.07, 6.45) is 7.97. The van der Waals surface area contributed by atoms with Crippen molar-refractivity contribution in [2.24, 2.45) is 4.99 Å². The molecule has 0 saturated carbocycles. The van der Waals surface area contributed by atoms with E-state index in [-0.39, 0.29) is 0 Å². The maximum absolute atomic E-state index is 5.87. The highest BCUT2D eigenvalue weighted by Gasteiger charge is 2.18. The Morgan fingerprint density at radius 1 is 1.50 bits per heavy atom. The van der Waals surface area contributed by atoms with E-state index in [1.165, 1.54) is 0 Å². The summed E-state index contributed by atoms with van der Waals surface area (Å²) in [5.41, 5.74) is 0. The van der Waals surface area contributed by atoms with Crippen molar-refractivity contribution < 1.29 is 4.74 Å². The Hall–Kier alpha value is -1.09. The Balaban J connectivity index is 2.45. The molecule has 0 bridgehead atoms. The van der Waals surface area contributed by atoms with Gasteiger partial charge in [0.2, 0.25) is 5.90 Å². The standard InChI is InChI=1S/C13H22N2O/c1-4-6-7-13(14-5-2)16-12-8-10-15(3)11-9-12/h4,6-7,12H,1,5,8-11H2,2-3H3. The number of hydrogen-bond acceptors (Lipinski definition) is 3. The van der Waals surface area contributed by atoms with Gasteiger partial charge in [0, 0.05) is 19.6 Å². The lowest BCUT2D eigenvalue weighted by molar-refractivity contribution is 0.105. The van der Waals surface area contributed by atoms with Gasteiger partial charge in [-0.2, -0.15) is 0 Å². The summed E-state index contributed by atoms with van der Waals surface area (Å²) >= 11 is 0. The molecule has 3 nitrogen and oxygen atoms in total. The van der Waals surface area contributed by atoms with Gasteiger partial charge < -0.3 is 9.64 Å². The number of rotatable bonds is 4. The fraction of sp³-hybridized carbons (Fsp3) is 0.615. The zero-order valence-corrected chi connectivity index (χ0v) is 10.4. The van der Waals surface area contributed by atoms with E-state index in [1.807, 2.05) is 19.1 Å². The molecule has 90 valence electrons. The molecule has 1 saturated heterocycles. The predicted octanol–water partition coefficient (Wildman–Crippen LogP) is 2.26. The number of nitrogens with zero attached hydrogens (tertiary/aromatic N) is 2. The third kappa shape index (κ3) is 4.62. The van der Waals surface area contributed by atoms with Gasteiger partial charge in [0.1, 0.15) is 6.10 Å². The second-order valence-electron chi connectivity index (χ2n) is 4.03. The topological polar surface area (TPSA) is 24.8 Å². The van der Waals surface area contributed by atoms with Crippen molar-refractivity contribution in [3.8, 4) is 0 Å². The van der Waals surface area contributed by atoms with Crippen LogP contribution in [0.5, 0.6) is 0 Å². The smallest absolute Gasteiger partial charge is 0.208 e. The summed E-state index contributed by atoms with van der Waals surface area (Å²) in [6, 6.07) is 0. The Morgan fingerprint density at radius 3 is 2.75 bits per heavy atom. The molecule has 1 aliphatic rings. The van der Waals surface area contributed by atoms with Crippen LogP contribution in [0.4, 0.5) is 0 Å². The summed E-state index contributed by atoms with van der Waals surface area (Å²) in [6.45, 7) is 8.63. The van der Waals surface area contributed by atoms with Crippen LogP contribution in [0, 0.1) is 0 Å². The molecule has 0 aromatic rings. The molecule has 0 radical (unpaired) electrons. The molecule has 1 heterocycles. The van der Waals surface area contributed by atoms with Crippen LogP contribution in [-0.2, 0) is 4.74 Å². The molecule has 1 fully saturated rings. The molecule has 16 heavy (non-hydrogen) atoms. The summed E-state index contributed by atoms with van der Waals surface area (Å²) in [7, 11) is 2.15. The van der Waals surface area contributed by atoms with Gasteiger partial charge in [0.15, 0.2) is 0 Å². The number of likely N-dealkylation sites (tertiary alicyclic amines) is 1. The number of aliphatic imine (C=N–C) groups is 1. The molecule has 0 aromatic carbocycles. The lowest BCUT2D eigenvalue weighted by Gasteiger charge is -2.29. The maximum atomic E-state index is 5.87. The van der Waals surface area contributed by atoms with Gasteiger partial charge in [-0.3, -0.25) is 4.99 Å². The second kappa shape index (κ2) is 7.23. The fourth-order valence-electron chi connectivity index (χ4n) is 1.71. The largest absolute Gasteiger partial charge is 0.474 e. The van der Waals surface area contributed by atoms with E-state index in [1.54, 1.807) is 6.08 Å². The zero-order chi connectivity index (χ0) is 11.8. The highest BCUT2D eigenvalue weighted by Crippen LogP contribution is 2.12. The van der Waals surface area contributed by atoms with E-state index in [4.69, 9.17) is 4.74 Å². The van der Waals surface area contributed by atoms with Crippen molar-refractivity contribution in [2.45, 2.75) is 25.9 Å². The van der Waals surface area contributed by atoms with Crippen LogP contribution in [0.1, 0.15) is 19.8 Å². The van der Waals surface area contributed by atoms with Crippen molar-refractivity contribution in [1.29, 1.82) is 0 Å². The molecule has 0 spiro atoms. The summed E-state index contributed by atoms with van der Waals surface area (Å²) < 4.78 is 5.87. The molecule has 0 unspecified atom stereocenters. The van der Waals surface area contributed by atoms with Crippen LogP contribution < -0.4 is 0 Å². The van der Waals surface area contributed by atoms with Crippen molar-refractivity contribution in [1.82, 2.24) is 4.90 Å². The Bertz CT molecular complexity index is 263. The molecular weight excluding hydrogens is 200 g/mol. The minimum Gasteiger partial charge on any atom is -0.474 e. The Morgan fingerprint density at radius 2 is 2.19 bits per heavy atom. The quantitative estimate of drug-likeness (QED) is 0.414. The average Bonchev–Trinajstić information content (AvgIpc) is 2.29. The van der Waals surface area contributed by atoms with Crippen molar-refractivity contribution in [3.05, 3.63) is 24.8 Å². The molecule has 0 amide bonds. The van der Waals surface area contributed by atoms with Gasteiger partial charge in [-0.15, -0.1) is 0 Å².